The quantitative estimate of drug-likeness (QED) is 0.0978. The molecule has 2 aliphatic carbocycles. The maximum absolute atomic E-state index is 15.2. The average Bonchev–Trinajstić information content (AvgIpc) is 4.12. The molecule has 0 amide bonds. The Hall–Kier alpha value is -5.69. The van der Waals surface area contributed by atoms with Gasteiger partial charge in [-0.25, -0.2) is 40.2 Å². The van der Waals surface area contributed by atoms with Crippen LogP contribution in [-0.4, -0.2) is 83.1 Å². The highest BCUT2D eigenvalue weighted by molar-refractivity contribution is 6.38. The van der Waals surface area contributed by atoms with E-state index >= 15 is 4.39 Å². The van der Waals surface area contributed by atoms with Crippen LogP contribution in [0.2, 0.25) is 0 Å². The molecule has 0 unspecified atom stereocenters. The molecular formula is C52H61BF7N5O6. The van der Waals surface area contributed by atoms with Crippen molar-refractivity contribution in [3.8, 4) is 0 Å². The van der Waals surface area contributed by atoms with Gasteiger partial charge >= 0.3 is 19.4 Å². The molecule has 3 N–H and O–H groups in total. The van der Waals surface area contributed by atoms with Gasteiger partial charge in [0.1, 0.15) is 29.3 Å². The molecule has 2 saturated heterocycles. The molecule has 4 aliphatic rings. The molecule has 19 heteroatoms. The van der Waals surface area contributed by atoms with Gasteiger partial charge in [0.25, 0.3) is 0 Å². The Morgan fingerprint density at radius 2 is 1.30 bits per heavy atom. The van der Waals surface area contributed by atoms with Gasteiger partial charge in [0.15, 0.2) is 11.6 Å². The molecule has 9 atom stereocenters. The molecule has 2 aromatic heterocycles. The molecule has 3 aromatic carbocycles. The summed E-state index contributed by atoms with van der Waals surface area (Å²) in [4.78, 5) is 52.7. The number of fused-ring (bicyclic) bond motifs is 2. The molecule has 4 fully saturated rings. The van der Waals surface area contributed by atoms with E-state index in [4.69, 9.17) is 5.73 Å². The molecular weight excluding hydrogens is 934 g/mol. The monoisotopic (exact) mass is 995 g/mol. The van der Waals surface area contributed by atoms with Crippen molar-refractivity contribution in [3.63, 3.8) is 0 Å². The number of pyridine rings is 2. The van der Waals surface area contributed by atoms with Crippen molar-refractivity contribution in [2.24, 2.45) is 35.3 Å². The summed E-state index contributed by atoms with van der Waals surface area (Å²) in [6.45, 7) is 20.1. The first-order chi connectivity index (χ1) is 33.5. The lowest BCUT2D eigenvalue weighted by molar-refractivity contribution is 0.0682. The number of carbonyl (C=O) groups is 2. The predicted molar refractivity (Wildman–Crippen MR) is 260 cm³/mol. The maximum Gasteiger partial charge on any atom is 0.798 e. The minimum Gasteiger partial charge on any atom is -0.477 e. The number of alkyl halides is 2. The third kappa shape index (κ3) is 10.8. The number of likely N-dealkylation sites (tertiary alicyclic amines) is 1. The summed E-state index contributed by atoms with van der Waals surface area (Å²) in [5.74, 6) is -3.05. The van der Waals surface area contributed by atoms with Crippen LogP contribution in [-0.2, 0) is 4.65 Å². The van der Waals surface area contributed by atoms with E-state index in [0.29, 0.717) is 47.9 Å². The van der Waals surface area contributed by atoms with Crippen molar-refractivity contribution in [3.05, 3.63) is 121 Å². The Morgan fingerprint density at radius 3 is 1.77 bits per heavy atom. The van der Waals surface area contributed by atoms with Gasteiger partial charge in [-0.1, -0.05) is 71.4 Å². The topological polar surface area (TPSA) is 140 Å². The smallest absolute Gasteiger partial charge is 0.477 e. The van der Waals surface area contributed by atoms with Crippen LogP contribution in [0.3, 0.4) is 0 Å². The SMILES string of the molecule is CC[C@@H]1CN([C@H](C)c2ccccc2)C[C@@H]1C(C)C.Cc1c(F)c(F)cc2c(=O)c(C(=O)OB(F)F)cn([C@@H]3C[C@@H]3F)c12.Cc1c(N2C[C@@H](N)[C@@H](C(C)C)C2)c(F)cc2c(=O)c(C(=O)O)cn([C@@H]3C[C@@H]3F)c12. The number of carboxylic acid groups (broad SMARTS) is 1. The van der Waals surface area contributed by atoms with Crippen LogP contribution >= 0.6 is 0 Å². The van der Waals surface area contributed by atoms with Gasteiger partial charge in [0.05, 0.1) is 28.8 Å². The van der Waals surface area contributed by atoms with Crippen molar-refractivity contribution < 1.29 is 49.9 Å². The largest absolute Gasteiger partial charge is 0.798 e. The Kier molecular flexibility index (Phi) is 15.9. The van der Waals surface area contributed by atoms with E-state index in [1.165, 1.54) is 42.8 Å². The second-order valence-corrected chi connectivity index (χ2v) is 20.2. The lowest BCUT2D eigenvalue weighted by Crippen LogP contribution is -2.32. The summed E-state index contributed by atoms with van der Waals surface area (Å²) in [6, 6.07) is 11.7. The number of carboxylic acids is 1. The highest BCUT2D eigenvalue weighted by atomic mass is 19.2. The second-order valence-electron chi connectivity index (χ2n) is 20.2. The number of carbonyl (C=O) groups excluding carboxylic acids is 1. The normalized spacial score (nSPS) is 24.2. The lowest BCUT2D eigenvalue weighted by atomic mass is 9.85. The fraction of sp³-hybridized carbons (Fsp3) is 0.500. The summed E-state index contributed by atoms with van der Waals surface area (Å²) in [7, 11) is -3.46. The Morgan fingerprint density at radius 1 is 0.775 bits per heavy atom. The number of aryl methyl sites for hydroxylation is 2. The summed E-state index contributed by atoms with van der Waals surface area (Å²) in [6.07, 6.45) is 1.24. The van der Waals surface area contributed by atoms with Crippen LogP contribution in [0.5, 0.6) is 0 Å². The zero-order valence-corrected chi connectivity index (χ0v) is 41.1. The minimum atomic E-state index is -3.46. The van der Waals surface area contributed by atoms with Crippen LogP contribution in [0.4, 0.5) is 36.3 Å². The third-order valence-electron chi connectivity index (χ3n) is 15.0. The summed E-state index contributed by atoms with van der Waals surface area (Å²) >= 11 is 0. The van der Waals surface area contributed by atoms with Crippen molar-refractivity contribution in [2.75, 3.05) is 31.1 Å². The third-order valence-corrected chi connectivity index (χ3v) is 15.0. The van der Waals surface area contributed by atoms with Gasteiger partial charge in [-0.05, 0) is 73.6 Å². The Balaban J connectivity index is 0.000000161. The van der Waals surface area contributed by atoms with Crippen molar-refractivity contribution in [1.82, 2.24) is 14.0 Å². The maximum atomic E-state index is 15.2. The van der Waals surface area contributed by atoms with E-state index in [1.807, 2.05) is 4.90 Å². The molecule has 11 nitrogen and oxygen atoms in total. The summed E-state index contributed by atoms with van der Waals surface area (Å²) < 4.78 is 101. The lowest BCUT2D eigenvalue weighted by Gasteiger charge is -2.25. The number of nitrogens with zero attached hydrogens (tertiary/aromatic N) is 4. The summed E-state index contributed by atoms with van der Waals surface area (Å²) in [5.41, 5.74) is 5.52. The molecule has 5 aromatic rings. The van der Waals surface area contributed by atoms with Crippen LogP contribution in [0.15, 0.2) is 64.4 Å². The molecule has 0 bridgehead atoms. The van der Waals surface area contributed by atoms with Crippen LogP contribution in [0, 0.1) is 60.9 Å². The first kappa shape index (κ1) is 53.1. The van der Waals surface area contributed by atoms with E-state index < -0.39 is 88.7 Å². The molecule has 0 radical (unpaired) electrons. The van der Waals surface area contributed by atoms with Gasteiger partial charge in [0, 0.05) is 79.8 Å². The number of rotatable bonds is 11. The van der Waals surface area contributed by atoms with Gasteiger partial charge in [-0.2, -0.15) is 0 Å². The van der Waals surface area contributed by atoms with E-state index in [1.54, 1.807) is 6.92 Å². The van der Waals surface area contributed by atoms with Gasteiger partial charge in [-0.3, -0.25) is 14.5 Å². The van der Waals surface area contributed by atoms with E-state index in [0.717, 1.165) is 34.6 Å². The molecule has 0 spiro atoms. The zero-order chi connectivity index (χ0) is 52.1. The fourth-order valence-corrected chi connectivity index (χ4v) is 10.7. The van der Waals surface area contributed by atoms with Crippen LogP contribution < -0.4 is 21.5 Å². The number of anilines is 1. The standard InChI is InChI=1S/C21H25F2N3O3.C17H27N.C14H9BF5NO3/c1-9(2)12-6-25(8-16(12)24)19-10(3)18-11(4-15(19)23)20(27)13(21(28)29)7-26(18)17-5-14(17)22;1-5-15-11-18(12-17(15)13(2)3)14(4)16-9-7-6-8-10-16;1-5-11(18)9(17)2-6-12(5)21(10-3-8(10)16)4-7(13(6)22)14(23)24-15(19)20/h4,7,9,12,14,16-17H,5-6,8,24H2,1-3H3,(H,28,29);6-10,13-15,17H,5,11-12H2,1-4H3;2,4,8,10H,3H2,1H3/t12-,14+,16-,17-;14-,15-,17-;8-,10+/m110/s1. The number of halogens is 7. The number of hydrogen-bond acceptors (Lipinski definition) is 8. The molecule has 2 aliphatic heterocycles. The molecule has 4 heterocycles. The zero-order valence-electron chi connectivity index (χ0n) is 41.1. The predicted octanol–water partition coefficient (Wildman–Crippen LogP) is 10.2. The summed E-state index contributed by atoms with van der Waals surface area (Å²) in [5, 5.41) is 8.93. The number of aromatic carboxylic acids is 1. The highest BCUT2D eigenvalue weighted by Crippen LogP contribution is 2.44. The fourth-order valence-electron chi connectivity index (χ4n) is 10.7. The molecule has 9 rings (SSSR count). The van der Waals surface area contributed by atoms with Gasteiger partial charge < -0.3 is 29.5 Å². The van der Waals surface area contributed by atoms with Crippen molar-refractivity contribution >= 4 is 46.9 Å². The van der Waals surface area contributed by atoms with Gasteiger partial charge in [0.2, 0.25) is 10.9 Å². The molecule has 382 valence electrons. The molecule has 71 heavy (non-hydrogen) atoms. The highest BCUT2D eigenvalue weighted by Gasteiger charge is 2.43. The number of benzene rings is 3. The Labute approximate surface area is 408 Å². The number of hydrogen-bond donors (Lipinski definition) is 2. The minimum absolute atomic E-state index is 0.0355. The van der Waals surface area contributed by atoms with Crippen molar-refractivity contribution in [1.29, 1.82) is 0 Å². The van der Waals surface area contributed by atoms with E-state index in [-0.39, 0.29) is 41.3 Å². The van der Waals surface area contributed by atoms with E-state index in [2.05, 4.69) is 81.4 Å². The Bertz CT molecular complexity index is 2940. The second kappa shape index (κ2) is 21.2. The van der Waals surface area contributed by atoms with Crippen LogP contribution in [0.25, 0.3) is 21.8 Å². The number of nitrogens with two attached hydrogens (primary N) is 1. The van der Waals surface area contributed by atoms with Crippen LogP contribution in [0.1, 0.15) is 116 Å². The van der Waals surface area contributed by atoms with E-state index in [9.17, 15) is 50.5 Å². The van der Waals surface area contributed by atoms with Gasteiger partial charge in [-0.15, -0.1) is 0 Å². The average molecular weight is 996 g/mol. The first-order valence-electron chi connectivity index (χ1n) is 24.2. The number of aromatic nitrogens is 2. The van der Waals surface area contributed by atoms with Crippen molar-refractivity contribution in [2.45, 2.75) is 111 Å². The first-order valence-corrected chi connectivity index (χ1v) is 24.2. The molecule has 2 saturated carbocycles.